The van der Waals surface area contributed by atoms with Crippen LogP contribution in [0.25, 0.3) is 0 Å². The summed E-state index contributed by atoms with van der Waals surface area (Å²) in [6.07, 6.45) is 2.52. The molecule has 0 unspecified atom stereocenters. The number of hydrogen-bond acceptors (Lipinski definition) is 3. The third kappa shape index (κ3) is 1.05. The Morgan fingerprint density at radius 1 is 1.00 bits per heavy atom. The summed E-state index contributed by atoms with van der Waals surface area (Å²) < 4.78 is 0. The summed E-state index contributed by atoms with van der Waals surface area (Å²) in [5.41, 5.74) is 6.67. The second-order valence-electron chi connectivity index (χ2n) is 2.83. The normalized spacial score (nSPS) is 14.5. The molecule has 3 heteroatoms. The Hall–Kier alpha value is -1.90. The fraction of sp³-hybridized carbons (Fsp3) is 0. The summed E-state index contributed by atoms with van der Waals surface area (Å²) in [6, 6.07) is 4.89. The molecule has 0 aliphatic heterocycles. The molecule has 0 bridgehead atoms. The van der Waals surface area contributed by atoms with Gasteiger partial charge < -0.3 is 5.73 Å². The molecule has 2 N–H and O–H groups in total. The lowest BCUT2D eigenvalue weighted by Gasteiger charge is -2.10. The summed E-state index contributed by atoms with van der Waals surface area (Å²) in [4.78, 5) is 22.6. The predicted molar refractivity (Wildman–Crippen MR) is 48.7 cm³/mol. The zero-order valence-electron chi connectivity index (χ0n) is 6.78. The third-order valence-electron chi connectivity index (χ3n) is 1.99. The highest BCUT2D eigenvalue weighted by molar-refractivity contribution is 6.24. The van der Waals surface area contributed by atoms with Gasteiger partial charge in [-0.1, -0.05) is 12.1 Å². The molecule has 0 amide bonds. The zero-order chi connectivity index (χ0) is 9.42. The molecule has 2 rings (SSSR count). The summed E-state index contributed by atoms with van der Waals surface area (Å²) in [6.45, 7) is 0. The van der Waals surface area contributed by atoms with E-state index in [-0.39, 0.29) is 11.6 Å². The number of carbonyl (C=O) groups is 2. The van der Waals surface area contributed by atoms with Gasteiger partial charge in [-0.2, -0.15) is 0 Å². The van der Waals surface area contributed by atoms with Crippen LogP contribution in [-0.4, -0.2) is 11.6 Å². The Bertz CT molecular complexity index is 433. The highest BCUT2D eigenvalue weighted by Crippen LogP contribution is 2.22. The van der Waals surface area contributed by atoms with Gasteiger partial charge in [0.2, 0.25) is 0 Å². The molecule has 0 radical (unpaired) electrons. The van der Waals surface area contributed by atoms with Crippen LogP contribution in [0.5, 0.6) is 0 Å². The van der Waals surface area contributed by atoms with Gasteiger partial charge in [0.15, 0.2) is 11.6 Å². The van der Waals surface area contributed by atoms with Crippen LogP contribution in [-0.2, 0) is 0 Å². The van der Waals surface area contributed by atoms with E-state index in [0.29, 0.717) is 16.8 Å². The maximum absolute atomic E-state index is 11.3. The number of carbonyl (C=O) groups excluding carboxylic acids is 2. The molecule has 1 aliphatic carbocycles. The topological polar surface area (TPSA) is 60.2 Å². The molecule has 0 saturated carbocycles. The second kappa shape index (κ2) is 2.55. The van der Waals surface area contributed by atoms with Crippen molar-refractivity contribution in [2.45, 2.75) is 0 Å². The van der Waals surface area contributed by atoms with Gasteiger partial charge in [0, 0.05) is 11.3 Å². The van der Waals surface area contributed by atoms with Gasteiger partial charge in [0.1, 0.15) is 0 Å². The maximum Gasteiger partial charge on any atom is 0.188 e. The van der Waals surface area contributed by atoms with Gasteiger partial charge in [-0.25, -0.2) is 0 Å². The van der Waals surface area contributed by atoms with Crippen LogP contribution in [0.15, 0.2) is 30.4 Å². The van der Waals surface area contributed by atoms with Crippen LogP contribution in [0.3, 0.4) is 0 Å². The van der Waals surface area contributed by atoms with Crippen molar-refractivity contribution in [2.75, 3.05) is 5.73 Å². The minimum Gasteiger partial charge on any atom is -0.398 e. The van der Waals surface area contributed by atoms with E-state index in [0.717, 1.165) is 0 Å². The Morgan fingerprint density at radius 2 is 1.69 bits per heavy atom. The van der Waals surface area contributed by atoms with Gasteiger partial charge in [-0.15, -0.1) is 0 Å². The summed E-state index contributed by atoms with van der Waals surface area (Å²) in [5.74, 6) is -0.366. The van der Waals surface area contributed by atoms with Crippen LogP contribution >= 0.6 is 0 Å². The van der Waals surface area contributed by atoms with E-state index in [1.54, 1.807) is 18.2 Å². The number of hydrogen-bond donors (Lipinski definition) is 1. The number of anilines is 1. The molecule has 0 saturated heterocycles. The van der Waals surface area contributed by atoms with E-state index >= 15 is 0 Å². The highest BCUT2D eigenvalue weighted by Gasteiger charge is 2.20. The van der Waals surface area contributed by atoms with Crippen molar-refractivity contribution in [1.82, 2.24) is 0 Å². The largest absolute Gasteiger partial charge is 0.398 e. The number of rotatable bonds is 0. The molecule has 0 spiro atoms. The van der Waals surface area contributed by atoms with Crippen molar-refractivity contribution in [3.05, 3.63) is 41.5 Å². The van der Waals surface area contributed by atoms with Gasteiger partial charge in [-0.3, -0.25) is 9.59 Å². The number of ketones is 2. The monoisotopic (exact) mass is 173 g/mol. The highest BCUT2D eigenvalue weighted by atomic mass is 16.1. The molecule has 1 aromatic rings. The van der Waals surface area contributed by atoms with Crippen molar-refractivity contribution in [3.8, 4) is 0 Å². The third-order valence-corrected chi connectivity index (χ3v) is 1.99. The molecule has 1 aliphatic rings. The fourth-order valence-electron chi connectivity index (χ4n) is 1.37. The van der Waals surface area contributed by atoms with Crippen molar-refractivity contribution in [3.63, 3.8) is 0 Å². The molecular weight excluding hydrogens is 166 g/mol. The standard InChI is InChI=1S/C10H7NO2/c11-7-3-1-2-6-8(12)4-5-9(13)10(6)7/h1-5H,11H2. The molecule has 0 heterocycles. The van der Waals surface area contributed by atoms with Gasteiger partial charge >= 0.3 is 0 Å². The molecule has 0 fully saturated rings. The predicted octanol–water partition coefficient (Wildman–Crippen LogP) is 1.20. The number of fused-ring (bicyclic) bond motifs is 1. The van der Waals surface area contributed by atoms with E-state index in [2.05, 4.69) is 0 Å². The maximum atomic E-state index is 11.3. The first-order valence-corrected chi connectivity index (χ1v) is 3.85. The minimum atomic E-state index is -0.201. The first-order valence-electron chi connectivity index (χ1n) is 3.85. The van der Waals surface area contributed by atoms with Crippen LogP contribution in [0, 0.1) is 0 Å². The van der Waals surface area contributed by atoms with Gasteiger partial charge in [0.05, 0.1) is 5.56 Å². The average molecular weight is 173 g/mol. The lowest BCUT2D eigenvalue weighted by molar-refractivity contribution is 0.0994. The second-order valence-corrected chi connectivity index (χ2v) is 2.83. The number of benzene rings is 1. The Balaban J connectivity index is 2.76. The van der Waals surface area contributed by atoms with E-state index in [4.69, 9.17) is 5.73 Å². The van der Waals surface area contributed by atoms with Crippen molar-refractivity contribution in [2.24, 2.45) is 0 Å². The number of nitrogen functional groups attached to an aromatic ring is 1. The lowest BCUT2D eigenvalue weighted by Crippen LogP contribution is -2.13. The quantitative estimate of drug-likeness (QED) is 0.600. The van der Waals surface area contributed by atoms with Gasteiger partial charge in [-0.05, 0) is 18.2 Å². The first kappa shape index (κ1) is 7.73. The summed E-state index contributed by atoms with van der Waals surface area (Å²) in [7, 11) is 0. The van der Waals surface area contributed by atoms with Crippen molar-refractivity contribution in [1.29, 1.82) is 0 Å². The average Bonchev–Trinajstić information content (AvgIpc) is 2.12. The molecule has 64 valence electrons. The van der Waals surface area contributed by atoms with E-state index in [1.807, 2.05) is 0 Å². The Morgan fingerprint density at radius 3 is 2.38 bits per heavy atom. The first-order chi connectivity index (χ1) is 6.20. The van der Waals surface area contributed by atoms with E-state index < -0.39 is 0 Å². The molecule has 1 aromatic carbocycles. The van der Waals surface area contributed by atoms with Crippen LogP contribution in [0.4, 0.5) is 5.69 Å². The molecule has 0 atom stereocenters. The van der Waals surface area contributed by atoms with Crippen molar-refractivity contribution >= 4 is 17.3 Å². The van der Waals surface area contributed by atoms with E-state index in [1.165, 1.54) is 12.2 Å². The summed E-state index contributed by atoms with van der Waals surface area (Å²) >= 11 is 0. The molecule has 0 aromatic heterocycles. The SMILES string of the molecule is Nc1cccc2c1C(=O)C=CC2=O. The zero-order valence-corrected chi connectivity index (χ0v) is 6.78. The molecular formula is C10H7NO2. The lowest BCUT2D eigenvalue weighted by atomic mass is 9.93. The Labute approximate surface area is 74.9 Å². The van der Waals surface area contributed by atoms with Crippen LogP contribution in [0.2, 0.25) is 0 Å². The molecule has 13 heavy (non-hydrogen) atoms. The molecule has 3 nitrogen and oxygen atoms in total. The number of nitrogens with two attached hydrogens (primary N) is 1. The fourth-order valence-corrected chi connectivity index (χ4v) is 1.37. The Kier molecular flexibility index (Phi) is 1.52. The van der Waals surface area contributed by atoms with E-state index in [9.17, 15) is 9.59 Å². The van der Waals surface area contributed by atoms with Crippen molar-refractivity contribution < 1.29 is 9.59 Å². The number of allylic oxidation sites excluding steroid dienone is 2. The van der Waals surface area contributed by atoms with Crippen LogP contribution < -0.4 is 5.73 Å². The van der Waals surface area contributed by atoms with Crippen LogP contribution in [0.1, 0.15) is 20.7 Å². The van der Waals surface area contributed by atoms with Gasteiger partial charge in [0.25, 0.3) is 0 Å². The summed E-state index contributed by atoms with van der Waals surface area (Å²) in [5, 5.41) is 0. The minimum absolute atomic E-state index is 0.165. The smallest absolute Gasteiger partial charge is 0.188 e.